The Kier molecular flexibility index (Phi) is 6.30. The number of carbonyl (C=O) groups excluding carboxylic acids is 1. The molecule has 10 nitrogen and oxygen atoms in total. The van der Waals surface area contributed by atoms with Crippen LogP contribution in [-0.2, 0) is 17.6 Å². The van der Waals surface area contributed by atoms with Crippen LogP contribution in [0.2, 0.25) is 0 Å². The van der Waals surface area contributed by atoms with Crippen molar-refractivity contribution in [2.24, 2.45) is 0 Å². The fourth-order valence-electron chi connectivity index (χ4n) is 4.67. The molecule has 0 spiro atoms. The van der Waals surface area contributed by atoms with Crippen molar-refractivity contribution in [1.82, 2.24) is 29.5 Å². The van der Waals surface area contributed by atoms with Crippen LogP contribution in [0.3, 0.4) is 0 Å². The van der Waals surface area contributed by atoms with Crippen LogP contribution in [0.15, 0.2) is 49.2 Å². The average molecular weight is 544 g/mol. The quantitative estimate of drug-likeness (QED) is 0.298. The van der Waals surface area contributed by atoms with E-state index in [4.69, 9.17) is 9.47 Å². The van der Waals surface area contributed by atoms with Crippen LogP contribution >= 0.6 is 11.3 Å². The second-order valence-electron chi connectivity index (χ2n) is 10.5. The Balaban J connectivity index is 1.22. The van der Waals surface area contributed by atoms with E-state index in [0.29, 0.717) is 18.8 Å². The van der Waals surface area contributed by atoms with Gasteiger partial charge in [-0.3, -0.25) is 0 Å². The summed E-state index contributed by atoms with van der Waals surface area (Å²) in [6.07, 6.45) is 6.15. The van der Waals surface area contributed by atoms with E-state index in [0.717, 1.165) is 51.5 Å². The summed E-state index contributed by atoms with van der Waals surface area (Å²) in [7, 11) is 0. The van der Waals surface area contributed by atoms with E-state index < -0.39 is 5.60 Å². The van der Waals surface area contributed by atoms with Crippen molar-refractivity contribution in [3.63, 3.8) is 0 Å². The number of rotatable bonds is 4. The first-order valence-electron chi connectivity index (χ1n) is 12.8. The van der Waals surface area contributed by atoms with Crippen LogP contribution in [0.1, 0.15) is 36.8 Å². The van der Waals surface area contributed by atoms with E-state index in [1.54, 1.807) is 27.1 Å². The van der Waals surface area contributed by atoms with Crippen LogP contribution in [0.5, 0.6) is 11.5 Å². The average Bonchev–Trinajstić information content (AvgIpc) is 3.43. The van der Waals surface area contributed by atoms with E-state index in [-0.39, 0.29) is 6.09 Å². The van der Waals surface area contributed by atoms with Crippen LogP contribution in [0, 0.1) is 6.92 Å². The minimum atomic E-state index is -0.518. The molecule has 200 valence electrons. The Morgan fingerprint density at radius 2 is 1.90 bits per heavy atom. The van der Waals surface area contributed by atoms with Crippen LogP contribution in [0.4, 0.5) is 16.3 Å². The van der Waals surface area contributed by atoms with E-state index in [1.165, 1.54) is 16.8 Å². The summed E-state index contributed by atoms with van der Waals surface area (Å²) in [5.74, 6) is 2.20. The van der Waals surface area contributed by atoms with Crippen molar-refractivity contribution in [2.45, 2.75) is 46.1 Å². The van der Waals surface area contributed by atoms with Crippen LogP contribution in [0.25, 0.3) is 15.9 Å². The lowest BCUT2D eigenvalue weighted by Crippen LogP contribution is -2.38. The number of nitrogens with one attached hydrogen (secondary N) is 1. The maximum Gasteiger partial charge on any atom is 0.410 e. The summed E-state index contributed by atoms with van der Waals surface area (Å²) in [4.78, 5) is 30.0. The molecule has 1 aliphatic heterocycles. The number of carbonyl (C=O) groups is 1. The van der Waals surface area contributed by atoms with Crippen molar-refractivity contribution in [3.8, 4) is 11.5 Å². The van der Waals surface area contributed by atoms with Crippen LogP contribution < -0.4 is 10.1 Å². The molecule has 0 aliphatic carbocycles. The molecule has 0 unspecified atom stereocenters. The number of pyridine rings is 1. The highest BCUT2D eigenvalue weighted by Gasteiger charge is 2.27. The van der Waals surface area contributed by atoms with Crippen molar-refractivity contribution in [2.75, 3.05) is 18.4 Å². The maximum atomic E-state index is 12.7. The molecule has 5 heterocycles. The number of ether oxygens (including phenoxy) is 2. The topological polar surface area (TPSA) is 107 Å². The summed E-state index contributed by atoms with van der Waals surface area (Å²) in [6, 6.07) is 9.66. The number of amides is 1. The van der Waals surface area contributed by atoms with Gasteiger partial charge in [0, 0.05) is 35.9 Å². The lowest BCUT2D eigenvalue weighted by Gasteiger charge is -2.26. The number of benzene rings is 1. The van der Waals surface area contributed by atoms with Gasteiger partial charge in [0.2, 0.25) is 0 Å². The zero-order valence-corrected chi connectivity index (χ0v) is 23.1. The fraction of sp³-hybridized carbons (Fsp3) is 0.321. The molecular formula is C28H29N7O3S. The SMILES string of the molecule is Cc1cc(Nc2ncnc3sc4c(c23)CCN(C(=O)OC(C)(C)C)CC4)ccc1Oc1ccn2ncnc2c1. The number of fused-ring (bicyclic) bond motifs is 4. The predicted octanol–water partition coefficient (Wildman–Crippen LogP) is 5.91. The summed E-state index contributed by atoms with van der Waals surface area (Å²) in [5.41, 5.74) is 3.28. The number of hydrogen-bond acceptors (Lipinski definition) is 9. The van der Waals surface area contributed by atoms with Gasteiger partial charge in [0.15, 0.2) is 5.65 Å². The molecule has 39 heavy (non-hydrogen) atoms. The molecule has 1 amide bonds. The van der Waals surface area contributed by atoms with E-state index in [9.17, 15) is 4.79 Å². The molecule has 11 heteroatoms. The second-order valence-corrected chi connectivity index (χ2v) is 11.6. The smallest absolute Gasteiger partial charge is 0.410 e. The highest BCUT2D eigenvalue weighted by Crippen LogP contribution is 2.37. The molecule has 0 bridgehead atoms. The van der Waals surface area contributed by atoms with Gasteiger partial charge in [-0.1, -0.05) is 0 Å². The molecule has 0 atom stereocenters. The van der Waals surface area contributed by atoms with Crippen molar-refractivity contribution < 1.29 is 14.3 Å². The maximum absolute atomic E-state index is 12.7. The van der Waals surface area contributed by atoms with E-state index in [2.05, 4.69) is 25.4 Å². The molecule has 0 radical (unpaired) electrons. The van der Waals surface area contributed by atoms with Gasteiger partial charge in [0.25, 0.3) is 0 Å². The molecule has 1 aliphatic rings. The van der Waals surface area contributed by atoms with E-state index in [1.807, 2.05) is 64.2 Å². The Morgan fingerprint density at radius 1 is 1.05 bits per heavy atom. The molecule has 5 aromatic rings. The number of hydrogen-bond donors (Lipinski definition) is 1. The third-order valence-electron chi connectivity index (χ3n) is 6.48. The molecule has 1 aromatic carbocycles. The monoisotopic (exact) mass is 543 g/mol. The first kappa shape index (κ1) is 25.1. The first-order chi connectivity index (χ1) is 18.7. The van der Waals surface area contributed by atoms with Crippen molar-refractivity contribution >= 4 is 44.8 Å². The van der Waals surface area contributed by atoms with Gasteiger partial charge in [0.1, 0.15) is 40.4 Å². The van der Waals surface area contributed by atoms with Gasteiger partial charge in [0.05, 0.1) is 5.39 Å². The lowest BCUT2D eigenvalue weighted by molar-refractivity contribution is 0.0259. The Labute approximate surface area is 229 Å². The zero-order valence-electron chi connectivity index (χ0n) is 22.3. The third-order valence-corrected chi connectivity index (χ3v) is 7.68. The minimum absolute atomic E-state index is 0.268. The Morgan fingerprint density at radius 3 is 2.72 bits per heavy atom. The Bertz CT molecular complexity index is 1690. The highest BCUT2D eigenvalue weighted by molar-refractivity contribution is 7.19. The summed E-state index contributed by atoms with van der Waals surface area (Å²) < 4.78 is 13.4. The molecular weight excluding hydrogens is 514 g/mol. The van der Waals surface area contributed by atoms with Gasteiger partial charge >= 0.3 is 6.09 Å². The number of aromatic nitrogens is 5. The standard InChI is InChI=1S/C28H29N7O3S/c1-17-13-18(5-6-21(17)37-19-7-12-35-23(14-19)29-16-32-35)33-25-24-20-8-10-34(27(36)38-28(2,3)4)11-9-22(20)39-26(24)31-15-30-25/h5-7,12-16H,8-11H2,1-4H3,(H,30,31,33). The molecule has 0 saturated heterocycles. The van der Waals surface area contributed by atoms with Crippen molar-refractivity contribution in [1.29, 1.82) is 0 Å². The first-order valence-corrected chi connectivity index (χ1v) is 13.6. The predicted molar refractivity (Wildman–Crippen MR) is 150 cm³/mol. The molecule has 0 saturated carbocycles. The van der Waals surface area contributed by atoms with Gasteiger partial charge in [-0.2, -0.15) is 5.10 Å². The summed E-state index contributed by atoms with van der Waals surface area (Å²) in [5, 5.41) is 8.63. The van der Waals surface area contributed by atoms with Gasteiger partial charge in [-0.05, 0) is 75.9 Å². The number of thiophene rings is 1. The number of aryl methyl sites for hydroxylation is 1. The zero-order chi connectivity index (χ0) is 27.1. The normalized spacial score (nSPS) is 13.8. The summed E-state index contributed by atoms with van der Waals surface area (Å²) >= 11 is 1.67. The molecule has 6 rings (SSSR count). The lowest BCUT2D eigenvalue weighted by atomic mass is 10.1. The van der Waals surface area contributed by atoms with Gasteiger partial charge in [-0.15, -0.1) is 11.3 Å². The largest absolute Gasteiger partial charge is 0.457 e. The molecule has 0 fully saturated rings. The third kappa shape index (κ3) is 5.22. The van der Waals surface area contributed by atoms with Gasteiger partial charge in [-0.25, -0.2) is 24.3 Å². The highest BCUT2D eigenvalue weighted by atomic mass is 32.1. The second kappa shape index (κ2) is 9.81. The number of nitrogens with zero attached hydrogens (tertiary/aromatic N) is 6. The number of anilines is 2. The van der Waals surface area contributed by atoms with Gasteiger partial charge < -0.3 is 19.7 Å². The van der Waals surface area contributed by atoms with Crippen molar-refractivity contribution in [3.05, 3.63) is 65.2 Å². The fourth-order valence-corrected chi connectivity index (χ4v) is 5.84. The summed E-state index contributed by atoms with van der Waals surface area (Å²) in [6.45, 7) is 8.89. The van der Waals surface area contributed by atoms with Crippen LogP contribution in [-0.4, -0.2) is 54.2 Å². The minimum Gasteiger partial charge on any atom is -0.457 e. The Hall–Kier alpha value is -4.25. The molecule has 1 N–H and O–H groups in total. The molecule has 4 aromatic heterocycles. The van der Waals surface area contributed by atoms with E-state index >= 15 is 0 Å².